The molecule has 0 amide bonds. The molecule has 1 saturated heterocycles. The van der Waals surface area contributed by atoms with Gasteiger partial charge in [-0.2, -0.15) is 0 Å². The zero-order valence-electron chi connectivity index (χ0n) is 11.6. The number of hydrogen-bond donors (Lipinski definition) is 1. The van der Waals surface area contributed by atoms with Crippen LogP contribution in [0.2, 0.25) is 0 Å². The van der Waals surface area contributed by atoms with Crippen molar-refractivity contribution in [3.05, 3.63) is 29.8 Å². The van der Waals surface area contributed by atoms with E-state index in [4.69, 9.17) is 4.74 Å². The van der Waals surface area contributed by atoms with E-state index < -0.39 is 0 Å². The standard InChI is InChI=1S/C16H24N2O/c1-2-6-16-15(5-1)14(7-12-19-16)13-17-8-11-18-9-3-4-10-18/h1-2,5-6,14,17H,3-4,7-13H2/t14-/m1/s1. The predicted molar refractivity (Wildman–Crippen MR) is 77.8 cm³/mol. The average molecular weight is 260 g/mol. The lowest BCUT2D eigenvalue weighted by Gasteiger charge is -2.26. The highest BCUT2D eigenvalue weighted by molar-refractivity contribution is 5.37. The molecule has 1 N–H and O–H groups in total. The largest absolute Gasteiger partial charge is 0.493 e. The van der Waals surface area contributed by atoms with Crippen LogP contribution in [0.15, 0.2) is 24.3 Å². The van der Waals surface area contributed by atoms with Gasteiger partial charge in [0.05, 0.1) is 6.61 Å². The maximum atomic E-state index is 5.71. The summed E-state index contributed by atoms with van der Waals surface area (Å²) in [7, 11) is 0. The molecule has 104 valence electrons. The van der Waals surface area contributed by atoms with E-state index in [1.165, 1.54) is 38.0 Å². The lowest BCUT2D eigenvalue weighted by atomic mass is 9.93. The molecule has 1 atom stereocenters. The Balaban J connectivity index is 1.45. The molecule has 19 heavy (non-hydrogen) atoms. The molecule has 0 unspecified atom stereocenters. The van der Waals surface area contributed by atoms with E-state index in [1.807, 2.05) is 0 Å². The van der Waals surface area contributed by atoms with Gasteiger partial charge in [0.25, 0.3) is 0 Å². The van der Waals surface area contributed by atoms with E-state index in [9.17, 15) is 0 Å². The van der Waals surface area contributed by atoms with Gasteiger partial charge < -0.3 is 15.0 Å². The number of ether oxygens (including phenoxy) is 1. The Morgan fingerprint density at radius 2 is 2.05 bits per heavy atom. The summed E-state index contributed by atoms with van der Waals surface area (Å²) in [5, 5.41) is 3.63. The number of rotatable bonds is 5. The van der Waals surface area contributed by atoms with Crippen LogP contribution >= 0.6 is 0 Å². The fraction of sp³-hybridized carbons (Fsp3) is 0.625. The first-order chi connectivity index (χ1) is 9.43. The van der Waals surface area contributed by atoms with E-state index >= 15 is 0 Å². The van der Waals surface area contributed by atoms with Crippen molar-refractivity contribution in [2.24, 2.45) is 0 Å². The van der Waals surface area contributed by atoms with Gasteiger partial charge in [0.1, 0.15) is 5.75 Å². The summed E-state index contributed by atoms with van der Waals surface area (Å²) >= 11 is 0. The van der Waals surface area contributed by atoms with Crippen molar-refractivity contribution >= 4 is 0 Å². The summed E-state index contributed by atoms with van der Waals surface area (Å²) in [4.78, 5) is 2.56. The molecule has 2 heterocycles. The Hall–Kier alpha value is -1.06. The number of benzene rings is 1. The number of hydrogen-bond acceptors (Lipinski definition) is 3. The molecule has 0 bridgehead atoms. The minimum atomic E-state index is 0.614. The van der Waals surface area contributed by atoms with Crippen LogP contribution in [0.3, 0.4) is 0 Å². The lowest BCUT2D eigenvalue weighted by Crippen LogP contribution is -2.33. The highest BCUT2D eigenvalue weighted by atomic mass is 16.5. The van der Waals surface area contributed by atoms with Crippen molar-refractivity contribution in [2.45, 2.75) is 25.2 Å². The highest BCUT2D eigenvalue weighted by Gasteiger charge is 2.20. The first kappa shape index (κ1) is 12.9. The van der Waals surface area contributed by atoms with Crippen molar-refractivity contribution in [3.63, 3.8) is 0 Å². The van der Waals surface area contributed by atoms with E-state index in [1.54, 1.807) is 0 Å². The van der Waals surface area contributed by atoms with Gasteiger partial charge in [0.15, 0.2) is 0 Å². The SMILES string of the molecule is c1ccc2c(c1)OCC[C@@H]2CNCCN1CCCC1. The Labute approximate surface area is 115 Å². The smallest absolute Gasteiger partial charge is 0.122 e. The van der Waals surface area contributed by atoms with E-state index in [0.29, 0.717) is 5.92 Å². The molecule has 3 nitrogen and oxygen atoms in total. The fourth-order valence-corrected chi connectivity index (χ4v) is 3.15. The second-order valence-electron chi connectivity index (χ2n) is 5.62. The summed E-state index contributed by atoms with van der Waals surface area (Å²) in [6, 6.07) is 8.47. The minimum Gasteiger partial charge on any atom is -0.493 e. The fourth-order valence-electron chi connectivity index (χ4n) is 3.15. The Kier molecular flexibility index (Phi) is 4.36. The molecule has 1 aromatic carbocycles. The third-order valence-electron chi connectivity index (χ3n) is 4.28. The molecule has 0 saturated carbocycles. The minimum absolute atomic E-state index is 0.614. The predicted octanol–water partition coefficient (Wildman–Crippen LogP) is 2.24. The first-order valence-corrected chi connectivity index (χ1v) is 7.58. The number of nitrogens with zero attached hydrogens (tertiary/aromatic N) is 1. The van der Waals surface area contributed by atoms with Crippen LogP contribution in [0.1, 0.15) is 30.7 Å². The van der Waals surface area contributed by atoms with Crippen LogP contribution in [0.5, 0.6) is 5.75 Å². The van der Waals surface area contributed by atoms with Crippen LogP contribution in [-0.4, -0.2) is 44.2 Å². The Bertz CT molecular complexity index is 401. The molecule has 2 aliphatic rings. The van der Waals surface area contributed by atoms with Gasteiger partial charge in [-0.1, -0.05) is 18.2 Å². The molecular weight excluding hydrogens is 236 g/mol. The molecule has 0 aromatic heterocycles. The van der Waals surface area contributed by atoms with E-state index in [-0.39, 0.29) is 0 Å². The summed E-state index contributed by atoms with van der Waals surface area (Å²) in [5.41, 5.74) is 1.38. The van der Waals surface area contributed by atoms with Crippen LogP contribution < -0.4 is 10.1 Å². The number of likely N-dealkylation sites (tertiary alicyclic amines) is 1. The van der Waals surface area contributed by atoms with Gasteiger partial charge >= 0.3 is 0 Å². The highest BCUT2D eigenvalue weighted by Crippen LogP contribution is 2.32. The van der Waals surface area contributed by atoms with Gasteiger partial charge in [-0.3, -0.25) is 0 Å². The quantitative estimate of drug-likeness (QED) is 0.822. The van der Waals surface area contributed by atoms with Gasteiger partial charge in [0, 0.05) is 25.6 Å². The monoisotopic (exact) mass is 260 g/mol. The number of nitrogens with one attached hydrogen (secondary N) is 1. The molecule has 3 heteroatoms. The van der Waals surface area contributed by atoms with Crippen LogP contribution in [-0.2, 0) is 0 Å². The van der Waals surface area contributed by atoms with E-state index in [0.717, 1.165) is 31.9 Å². The third kappa shape index (κ3) is 3.28. The van der Waals surface area contributed by atoms with Crippen LogP contribution in [0, 0.1) is 0 Å². The Morgan fingerprint density at radius 3 is 2.95 bits per heavy atom. The maximum absolute atomic E-state index is 5.71. The zero-order valence-corrected chi connectivity index (χ0v) is 11.6. The second kappa shape index (κ2) is 6.40. The average Bonchev–Trinajstić information content (AvgIpc) is 2.97. The molecular formula is C16H24N2O. The molecule has 3 rings (SSSR count). The lowest BCUT2D eigenvalue weighted by molar-refractivity contribution is 0.262. The van der Waals surface area contributed by atoms with Crippen molar-refractivity contribution < 1.29 is 4.74 Å². The van der Waals surface area contributed by atoms with Crippen molar-refractivity contribution in [2.75, 3.05) is 39.3 Å². The van der Waals surface area contributed by atoms with Gasteiger partial charge in [-0.25, -0.2) is 0 Å². The summed E-state index contributed by atoms with van der Waals surface area (Å²) in [6.07, 6.45) is 3.90. The Morgan fingerprint density at radius 1 is 1.21 bits per heavy atom. The van der Waals surface area contributed by atoms with Gasteiger partial charge in [-0.05, 0) is 44.0 Å². The summed E-state index contributed by atoms with van der Waals surface area (Å²) < 4.78 is 5.71. The number of para-hydroxylation sites is 1. The van der Waals surface area contributed by atoms with Gasteiger partial charge in [0.2, 0.25) is 0 Å². The number of fused-ring (bicyclic) bond motifs is 1. The summed E-state index contributed by atoms with van der Waals surface area (Å²) in [6.45, 7) is 6.83. The molecule has 1 fully saturated rings. The first-order valence-electron chi connectivity index (χ1n) is 7.58. The van der Waals surface area contributed by atoms with Crippen molar-refractivity contribution in [1.29, 1.82) is 0 Å². The molecule has 2 aliphatic heterocycles. The molecule has 1 aromatic rings. The van der Waals surface area contributed by atoms with Crippen molar-refractivity contribution in [3.8, 4) is 5.75 Å². The second-order valence-corrected chi connectivity index (χ2v) is 5.62. The normalized spacial score (nSPS) is 23.1. The van der Waals surface area contributed by atoms with Gasteiger partial charge in [-0.15, -0.1) is 0 Å². The maximum Gasteiger partial charge on any atom is 0.122 e. The molecule has 0 aliphatic carbocycles. The molecule has 0 radical (unpaired) electrons. The zero-order chi connectivity index (χ0) is 12.9. The summed E-state index contributed by atoms with van der Waals surface area (Å²) in [5.74, 6) is 1.70. The van der Waals surface area contributed by atoms with Crippen LogP contribution in [0.4, 0.5) is 0 Å². The van der Waals surface area contributed by atoms with Crippen LogP contribution in [0.25, 0.3) is 0 Å². The topological polar surface area (TPSA) is 24.5 Å². The molecule has 0 spiro atoms. The third-order valence-corrected chi connectivity index (χ3v) is 4.28. The van der Waals surface area contributed by atoms with Crippen molar-refractivity contribution in [1.82, 2.24) is 10.2 Å². The van der Waals surface area contributed by atoms with E-state index in [2.05, 4.69) is 34.5 Å².